The number of aromatic carboxylic acids is 1. The van der Waals surface area contributed by atoms with E-state index in [4.69, 9.17) is 9.52 Å². The molecular weight excluding hydrogens is 368 g/mol. The van der Waals surface area contributed by atoms with Crippen LogP contribution in [0.5, 0.6) is 0 Å². The van der Waals surface area contributed by atoms with Gasteiger partial charge in [0, 0.05) is 37.9 Å². The van der Waals surface area contributed by atoms with Crippen molar-refractivity contribution in [1.82, 2.24) is 9.80 Å². The van der Waals surface area contributed by atoms with Crippen LogP contribution < -0.4 is 0 Å². The topological polar surface area (TPSA) is 91.1 Å². The van der Waals surface area contributed by atoms with Crippen molar-refractivity contribution in [3.63, 3.8) is 0 Å². The van der Waals surface area contributed by atoms with E-state index in [2.05, 4.69) is 6.07 Å². The number of aryl methyl sites for hydroxylation is 1. The quantitative estimate of drug-likeness (QED) is 0.819. The monoisotopic (exact) mass is 390 g/mol. The second kappa shape index (κ2) is 7.96. The van der Waals surface area contributed by atoms with Gasteiger partial charge in [0.1, 0.15) is 17.1 Å². The van der Waals surface area contributed by atoms with Crippen molar-refractivity contribution >= 4 is 29.1 Å². The van der Waals surface area contributed by atoms with Crippen molar-refractivity contribution in [2.75, 3.05) is 13.6 Å². The molecule has 0 saturated carbocycles. The van der Waals surface area contributed by atoms with Gasteiger partial charge in [0.25, 0.3) is 0 Å². The van der Waals surface area contributed by atoms with Gasteiger partial charge in [0.05, 0.1) is 6.54 Å². The molecule has 0 radical (unpaired) electrons. The number of nitrogens with zero attached hydrogens (tertiary/aromatic N) is 2. The third-order valence-corrected chi connectivity index (χ3v) is 5.75. The van der Waals surface area contributed by atoms with Crippen LogP contribution in [0.2, 0.25) is 0 Å². The predicted molar refractivity (Wildman–Crippen MR) is 99.6 cm³/mol. The molecule has 7 nitrogen and oxygen atoms in total. The molecule has 3 rings (SSSR count). The zero-order valence-corrected chi connectivity index (χ0v) is 16.2. The summed E-state index contributed by atoms with van der Waals surface area (Å²) in [6.45, 7) is 3.05. The van der Waals surface area contributed by atoms with Gasteiger partial charge in [-0.05, 0) is 36.4 Å². The van der Waals surface area contributed by atoms with Crippen LogP contribution in [0.3, 0.4) is 0 Å². The Kier molecular flexibility index (Phi) is 5.65. The Balaban J connectivity index is 1.49. The Bertz CT molecular complexity index is 869. The number of carbonyl (C=O) groups excluding carboxylic acids is 2. The van der Waals surface area contributed by atoms with Crippen molar-refractivity contribution in [2.24, 2.45) is 0 Å². The third-order valence-electron chi connectivity index (χ3n) is 4.73. The Morgan fingerprint density at radius 2 is 2.11 bits per heavy atom. The summed E-state index contributed by atoms with van der Waals surface area (Å²) in [5.41, 5.74) is 1.30. The van der Waals surface area contributed by atoms with Crippen LogP contribution in [0, 0.1) is 6.92 Å². The van der Waals surface area contributed by atoms with E-state index in [1.165, 1.54) is 21.4 Å². The highest BCUT2D eigenvalue weighted by Crippen LogP contribution is 2.24. The molecule has 144 valence electrons. The summed E-state index contributed by atoms with van der Waals surface area (Å²) in [5, 5.41) is 11.1. The molecular formula is C19H22N2O5S. The van der Waals surface area contributed by atoms with Gasteiger partial charge in [0.15, 0.2) is 0 Å². The molecule has 0 spiro atoms. The number of carbonyl (C=O) groups is 3. The fourth-order valence-corrected chi connectivity index (χ4v) is 4.07. The Morgan fingerprint density at radius 1 is 1.33 bits per heavy atom. The lowest BCUT2D eigenvalue weighted by Gasteiger charge is -2.27. The first-order valence-corrected chi connectivity index (χ1v) is 9.62. The minimum atomic E-state index is -1.06. The number of carboxylic acids is 1. The second-order valence-electron chi connectivity index (χ2n) is 6.67. The molecule has 0 aliphatic carbocycles. The molecule has 0 bridgehead atoms. The summed E-state index contributed by atoms with van der Waals surface area (Å²) >= 11 is 1.72. The van der Waals surface area contributed by atoms with Crippen LogP contribution in [0.25, 0.3) is 0 Å². The maximum atomic E-state index is 12.4. The maximum Gasteiger partial charge on any atom is 0.339 e. The summed E-state index contributed by atoms with van der Waals surface area (Å²) in [6, 6.07) is 3.48. The minimum Gasteiger partial charge on any atom is -0.478 e. The van der Waals surface area contributed by atoms with Gasteiger partial charge in [-0.3, -0.25) is 9.59 Å². The molecule has 0 fully saturated rings. The molecule has 2 aromatic heterocycles. The molecule has 2 amide bonds. The average molecular weight is 390 g/mol. The fourth-order valence-electron chi connectivity index (χ4n) is 3.18. The largest absolute Gasteiger partial charge is 0.478 e. The SMILES string of the molecule is Cc1oc(CN(C)C(=O)CCC(=O)N2CCc3sccc3C2)cc1C(=O)O. The summed E-state index contributed by atoms with van der Waals surface area (Å²) in [4.78, 5) is 40.4. The number of hydrogen-bond donors (Lipinski definition) is 1. The second-order valence-corrected chi connectivity index (χ2v) is 7.67. The molecule has 0 aromatic carbocycles. The van der Waals surface area contributed by atoms with E-state index in [0.29, 0.717) is 24.6 Å². The summed E-state index contributed by atoms with van der Waals surface area (Å²) in [6.07, 6.45) is 1.16. The molecule has 27 heavy (non-hydrogen) atoms. The van der Waals surface area contributed by atoms with Crippen molar-refractivity contribution in [2.45, 2.75) is 39.3 Å². The first kappa shape index (κ1) is 19.2. The van der Waals surface area contributed by atoms with Gasteiger partial charge in [-0.1, -0.05) is 0 Å². The van der Waals surface area contributed by atoms with Gasteiger partial charge in [0.2, 0.25) is 11.8 Å². The van der Waals surface area contributed by atoms with Gasteiger partial charge in [-0.2, -0.15) is 0 Å². The van der Waals surface area contributed by atoms with Crippen molar-refractivity contribution in [1.29, 1.82) is 0 Å². The molecule has 0 unspecified atom stereocenters. The molecule has 0 saturated heterocycles. The van der Waals surface area contributed by atoms with Crippen molar-refractivity contribution < 1.29 is 23.9 Å². The Hall–Kier alpha value is -2.61. The normalized spacial score (nSPS) is 13.3. The lowest BCUT2D eigenvalue weighted by Crippen LogP contribution is -2.36. The first-order valence-electron chi connectivity index (χ1n) is 8.74. The van der Waals surface area contributed by atoms with Crippen LogP contribution in [0.1, 0.15) is 45.2 Å². The van der Waals surface area contributed by atoms with E-state index < -0.39 is 5.97 Å². The van der Waals surface area contributed by atoms with Crippen molar-refractivity contribution in [3.8, 4) is 0 Å². The molecule has 3 heterocycles. The summed E-state index contributed by atoms with van der Waals surface area (Å²) < 4.78 is 5.39. The van der Waals surface area contributed by atoms with E-state index in [-0.39, 0.29) is 36.8 Å². The number of carboxylic acid groups (broad SMARTS) is 1. The van der Waals surface area contributed by atoms with Gasteiger partial charge in [-0.15, -0.1) is 11.3 Å². The van der Waals surface area contributed by atoms with Crippen LogP contribution in [0.4, 0.5) is 0 Å². The number of furan rings is 1. The van der Waals surface area contributed by atoms with Crippen LogP contribution in [-0.2, 0) is 29.1 Å². The van der Waals surface area contributed by atoms with E-state index in [9.17, 15) is 14.4 Å². The smallest absolute Gasteiger partial charge is 0.339 e. The van der Waals surface area contributed by atoms with E-state index in [1.807, 2.05) is 5.38 Å². The number of rotatable bonds is 6. The zero-order valence-electron chi connectivity index (χ0n) is 15.4. The Labute approximate surface area is 161 Å². The summed E-state index contributed by atoms with van der Waals surface area (Å²) in [7, 11) is 1.61. The maximum absolute atomic E-state index is 12.4. The standard InChI is InChI=1S/C19H22N2O5S/c1-12-15(19(24)25)9-14(26-12)11-20(2)17(22)3-4-18(23)21-7-5-16-13(10-21)6-8-27-16/h6,8-9H,3-5,7,10-11H2,1-2H3,(H,24,25). The van der Waals surface area contributed by atoms with Crippen LogP contribution in [0.15, 0.2) is 21.9 Å². The molecule has 1 N–H and O–H groups in total. The summed E-state index contributed by atoms with van der Waals surface area (Å²) in [5.74, 6) is -0.532. The van der Waals surface area contributed by atoms with E-state index in [1.54, 1.807) is 30.2 Å². The Morgan fingerprint density at radius 3 is 2.81 bits per heavy atom. The molecule has 0 atom stereocenters. The number of fused-ring (bicyclic) bond motifs is 1. The number of thiophene rings is 1. The van der Waals surface area contributed by atoms with Gasteiger partial charge >= 0.3 is 5.97 Å². The molecule has 8 heteroatoms. The van der Waals surface area contributed by atoms with Crippen LogP contribution in [-0.4, -0.2) is 46.3 Å². The lowest BCUT2D eigenvalue weighted by atomic mass is 10.1. The number of amides is 2. The average Bonchev–Trinajstić information content (AvgIpc) is 3.24. The highest BCUT2D eigenvalue weighted by atomic mass is 32.1. The molecule has 1 aliphatic heterocycles. The first-order chi connectivity index (χ1) is 12.8. The predicted octanol–water partition coefficient (Wildman–Crippen LogP) is 2.67. The van der Waals surface area contributed by atoms with Crippen LogP contribution >= 0.6 is 11.3 Å². The van der Waals surface area contributed by atoms with E-state index >= 15 is 0 Å². The number of hydrogen-bond acceptors (Lipinski definition) is 5. The highest BCUT2D eigenvalue weighted by molar-refractivity contribution is 7.10. The lowest BCUT2D eigenvalue weighted by molar-refractivity contribution is -0.137. The third kappa shape index (κ3) is 4.39. The molecule has 2 aromatic rings. The highest BCUT2D eigenvalue weighted by Gasteiger charge is 2.23. The van der Waals surface area contributed by atoms with Gasteiger partial charge < -0.3 is 19.3 Å². The fraction of sp³-hybridized carbons (Fsp3) is 0.421. The van der Waals surface area contributed by atoms with Crippen molar-refractivity contribution in [3.05, 3.63) is 45.0 Å². The minimum absolute atomic E-state index is 0.0180. The molecule has 1 aliphatic rings. The van der Waals surface area contributed by atoms with E-state index in [0.717, 1.165) is 6.42 Å². The van der Waals surface area contributed by atoms with Gasteiger partial charge in [-0.25, -0.2) is 4.79 Å². The zero-order chi connectivity index (χ0) is 19.6.